The SMILES string of the molecule is C[C@H](NC(=O)c1cc([C@H](O)CO)nc(-c2ccc(Oc3ccc(F)cc3)cc2)n1)C(=O)O. The summed E-state index contributed by atoms with van der Waals surface area (Å²) in [6.45, 7) is 0.666. The molecule has 166 valence electrons. The van der Waals surface area contributed by atoms with Gasteiger partial charge in [-0.15, -0.1) is 0 Å². The number of aliphatic carboxylic acids is 1. The zero-order valence-corrected chi connectivity index (χ0v) is 16.9. The molecule has 0 fully saturated rings. The number of nitrogens with zero attached hydrogens (tertiary/aromatic N) is 2. The van der Waals surface area contributed by atoms with Crippen LogP contribution in [0, 0.1) is 5.82 Å². The number of halogens is 1. The van der Waals surface area contributed by atoms with Crippen molar-refractivity contribution in [2.75, 3.05) is 6.61 Å². The van der Waals surface area contributed by atoms with Gasteiger partial charge < -0.3 is 25.4 Å². The van der Waals surface area contributed by atoms with Crippen molar-refractivity contribution in [2.45, 2.75) is 19.1 Å². The molecule has 0 spiro atoms. The van der Waals surface area contributed by atoms with Gasteiger partial charge in [-0.1, -0.05) is 0 Å². The standard InChI is InChI=1S/C22H20FN3O6/c1-12(22(30)31)24-21(29)18-10-17(19(28)11-27)25-20(26-18)13-2-6-15(7-3-13)32-16-8-4-14(23)5-9-16/h2-10,12,19,27-28H,11H2,1H3,(H,24,29)(H,30,31)/t12-,19+/m0/s1. The number of carbonyl (C=O) groups excluding carboxylic acids is 1. The zero-order chi connectivity index (χ0) is 23.3. The van der Waals surface area contributed by atoms with E-state index in [1.807, 2.05) is 0 Å². The lowest BCUT2D eigenvalue weighted by Crippen LogP contribution is -2.38. The number of aliphatic hydroxyl groups excluding tert-OH is 2. The van der Waals surface area contributed by atoms with Crippen LogP contribution in [0.4, 0.5) is 4.39 Å². The number of amides is 1. The van der Waals surface area contributed by atoms with Gasteiger partial charge in [0.15, 0.2) is 5.82 Å². The molecule has 2 aromatic carbocycles. The number of hydrogen-bond donors (Lipinski definition) is 4. The van der Waals surface area contributed by atoms with Gasteiger partial charge in [0.25, 0.3) is 5.91 Å². The topological polar surface area (TPSA) is 142 Å². The van der Waals surface area contributed by atoms with Crippen LogP contribution in [0.2, 0.25) is 0 Å². The van der Waals surface area contributed by atoms with E-state index in [0.29, 0.717) is 17.1 Å². The Morgan fingerprint density at radius 3 is 2.22 bits per heavy atom. The number of nitrogens with one attached hydrogen (secondary N) is 1. The van der Waals surface area contributed by atoms with Gasteiger partial charge in [-0.05, 0) is 61.5 Å². The highest BCUT2D eigenvalue weighted by molar-refractivity contribution is 5.95. The zero-order valence-electron chi connectivity index (χ0n) is 16.9. The third-order valence-corrected chi connectivity index (χ3v) is 4.37. The summed E-state index contributed by atoms with van der Waals surface area (Å²) in [5.74, 6) is -1.40. The van der Waals surface area contributed by atoms with Crippen molar-refractivity contribution in [1.82, 2.24) is 15.3 Å². The van der Waals surface area contributed by atoms with Crippen molar-refractivity contribution >= 4 is 11.9 Å². The molecular weight excluding hydrogens is 421 g/mol. The van der Waals surface area contributed by atoms with Crippen molar-refractivity contribution in [2.24, 2.45) is 0 Å². The number of carboxylic acids is 1. The van der Waals surface area contributed by atoms with Gasteiger partial charge >= 0.3 is 5.97 Å². The van der Waals surface area contributed by atoms with Gasteiger partial charge in [0.05, 0.1) is 12.3 Å². The average molecular weight is 441 g/mol. The summed E-state index contributed by atoms with van der Waals surface area (Å²) in [5, 5.41) is 30.5. The number of benzene rings is 2. The maximum absolute atomic E-state index is 13.0. The maximum atomic E-state index is 13.0. The summed E-state index contributed by atoms with van der Waals surface area (Å²) in [6, 6.07) is 12.0. The normalized spacial score (nSPS) is 12.6. The minimum atomic E-state index is -1.36. The van der Waals surface area contributed by atoms with E-state index in [2.05, 4.69) is 15.3 Å². The van der Waals surface area contributed by atoms with E-state index >= 15 is 0 Å². The monoisotopic (exact) mass is 441 g/mol. The first-order valence-electron chi connectivity index (χ1n) is 9.52. The molecule has 0 saturated carbocycles. The first-order chi connectivity index (χ1) is 15.3. The molecule has 0 saturated heterocycles. The number of carbonyl (C=O) groups is 2. The lowest BCUT2D eigenvalue weighted by Gasteiger charge is -2.13. The van der Waals surface area contributed by atoms with Gasteiger partial charge in [0.2, 0.25) is 0 Å². The van der Waals surface area contributed by atoms with E-state index in [1.165, 1.54) is 37.3 Å². The second-order valence-corrected chi connectivity index (χ2v) is 6.81. The molecule has 1 amide bonds. The lowest BCUT2D eigenvalue weighted by molar-refractivity contribution is -0.138. The largest absolute Gasteiger partial charge is 0.480 e. The molecule has 3 rings (SSSR count). The molecule has 10 heteroatoms. The molecule has 2 atom stereocenters. The fourth-order valence-corrected chi connectivity index (χ4v) is 2.62. The van der Waals surface area contributed by atoms with Gasteiger partial charge in [0.1, 0.15) is 35.2 Å². The highest BCUT2D eigenvalue weighted by Gasteiger charge is 2.20. The predicted octanol–water partition coefficient (Wildman–Crippen LogP) is 2.30. The van der Waals surface area contributed by atoms with Crippen LogP contribution in [-0.4, -0.2) is 49.8 Å². The number of aliphatic hydroxyl groups is 2. The van der Waals surface area contributed by atoms with Crippen LogP contribution in [0.3, 0.4) is 0 Å². The van der Waals surface area contributed by atoms with E-state index in [1.54, 1.807) is 24.3 Å². The summed E-state index contributed by atoms with van der Waals surface area (Å²) in [7, 11) is 0. The van der Waals surface area contributed by atoms with Crippen LogP contribution in [0.15, 0.2) is 54.6 Å². The minimum Gasteiger partial charge on any atom is -0.480 e. The highest BCUT2D eigenvalue weighted by Crippen LogP contribution is 2.25. The number of aromatic nitrogens is 2. The lowest BCUT2D eigenvalue weighted by atomic mass is 10.1. The molecule has 9 nitrogen and oxygen atoms in total. The Bertz CT molecular complexity index is 1110. The highest BCUT2D eigenvalue weighted by atomic mass is 19.1. The first-order valence-corrected chi connectivity index (χ1v) is 9.52. The van der Waals surface area contributed by atoms with Crippen LogP contribution in [0.1, 0.15) is 29.2 Å². The van der Waals surface area contributed by atoms with E-state index in [0.717, 1.165) is 0 Å². The summed E-state index contributed by atoms with van der Waals surface area (Å²) in [4.78, 5) is 31.8. The minimum absolute atomic E-state index is 0.00253. The second-order valence-electron chi connectivity index (χ2n) is 6.81. The van der Waals surface area contributed by atoms with Crippen molar-refractivity contribution in [3.8, 4) is 22.9 Å². The summed E-state index contributed by atoms with van der Waals surface area (Å²) < 4.78 is 18.7. The Balaban J connectivity index is 1.89. The molecule has 0 unspecified atom stereocenters. The Labute approximate surface area is 182 Å². The smallest absolute Gasteiger partial charge is 0.325 e. The Morgan fingerprint density at radius 1 is 1.06 bits per heavy atom. The maximum Gasteiger partial charge on any atom is 0.325 e. The van der Waals surface area contributed by atoms with Crippen LogP contribution in [0.25, 0.3) is 11.4 Å². The third kappa shape index (κ3) is 5.62. The number of hydrogen-bond acceptors (Lipinski definition) is 7. The summed E-state index contributed by atoms with van der Waals surface area (Å²) >= 11 is 0. The average Bonchev–Trinajstić information content (AvgIpc) is 2.80. The molecule has 32 heavy (non-hydrogen) atoms. The molecule has 0 aliphatic carbocycles. The van der Waals surface area contributed by atoms with E-state index < -0.39 is 30.6 Å². The Kier molecular flexibility index (Phi) is 7.08. The molecule has 1 aromatic heterocycles. The number of carboxylic acid groups (broad SMARTS) is 1. The molecular formula is C22H20FN3O6. The fourth-order valence-electron chi connectivity index (χ4n) is 2.62. The van der Waals surface area contributed by atoms with Crippen LogP contribution in [0.5, 0.6) is 11.5 Å². The number of rotatable bonds is 8. The Hall–Kier alpha value is -3.89. The first kappa shape index (κ1) is 22.8. The van der Waals surface area contributed by atoms with Crippen molar-refractivity contribution in [3.05, 3.63) is 71.8 Å². The quantitative estimate of drug-likeness (QED) is 0.417. The molecule has 0 aliphatic rings. The fraction of sp³-hybridized carbons (Fsp3) is 0.182. The summed E-state index contributed by atoms with van der Waals surface area (Å²) in [6.07, 6.45) is -1.36. The second kappa shape index (κ2) is 9.94. The molecule has 0 aliphatic heterocycles. The number of ether oxygens (including phenoxy) is 1. The van der Waals surface area contributed by atoms with Crippen LogP contribution in [-0.2, 0) is 4.79 Å². The molecule has 0 radical (unpaired) electrons. The summed E-state index contributed by atoms with van der Waals surface area (Å²) in [5.41, 5.74) is 0.304. The van der Waals surface area contributed by atoms with Gasteiger partial charge in [-0.25, -0.2) is 14.4 Å². The van der Waals surface area contributed by atoms with Crippen molar-refractivity contribution in [1.29, 1.82) is 0 Å². The molecule has 1 heterocycles. The van der Waals surface area contributed by atoms with Crippen molar-refractivity contribution < 1.29 is 34.0 Å². The van der Waals surface area contributed by atoms with Gasteiger partial charge in [0, 0.05) is 5.56 Å². The van der Waals surface area contributed by atoms with E-state index in [9.17, 15) is 24.2 Å². The van der Waals surface area contributed by atoms with Crippen LogP contribution >= 0.6 is 0 Å². The Morgan fingerprint density at radius 2 is 1.66 bits per heavy atom. The third-order valence-electron chi connectivity index (χ3n) is 4.37. The van der Waals surface area contributed by atoms with Gasteiger partial charge in [-0.2, -0.15) is 0 Å². The van der Waals surface area contributed by atoms with E-state index in [4.69, 9.17) is 9.84 Å². The van der Waals surface area contributed by atoms with Crippen molar-refractivity contribution in [3.63, 3.8) is 0 Å². The predicted molar refractivity (Wildman–Crippen MR) is 111 cm³/mol. The molecule has 0 bridgehead atoms. The molecule has 4 N–H and O–H groups in total. The van der Waals surface area contributed by atoms with Gasteiger partial charge in [-0.3, -0.25) is 9.59 Å². The van der Waals surface area contributed by atoms with E-state index in [-0.39, 0.29) is 23.0 Å². The molecule has 3 aromatic rings. The van der Waals surface area contributed by atoms with Crippen LogP contribution < -0.4 is 10.1 Å².